The second-order valence-corrected chi connectivity index (χ2v) is 5.43. The number of carbonyl (C=O) groups is 1. The molecule has 4 heteroatoms. The van der Waals surface area contributed by atoms with Crippen LogP contribution in [0.5, 0.6) is 0 Å². The molecule has 0 bridgehead atoms. The Kier molecular flexibility index (Phi) is 5.83. The minimum Gasteiger partial charge on any atom is -0.353 e. The highest BCUT2D eigenvalue weighted by Crippen LogP contribution is 2.36. The first-order valence-corrected chi connectivity index (χ1v) is 6.69. The van der Waals surface area contributed by atoms with Gasteiger partial charge in [0, 0.05) is 18.0 Å². The summed E-state index contributed by atoms with van der Waals surface area (Å²) in [4.78, 5) is 11.8. The van der Waals surface area contributed by atoms with Gasteiger partial charge in [-0.3, -0.25) is 4.79 Å². The minimum absolute atomic E-state index is 0. The van der Waals surface area contributed by atoms with Gasteiger partial charge in [-0.1, -0.05) is 37.3 Å². The lowest BCUT2D eigenvalue weighted by atomic mass is 9.75. The largest absolute Gasteiger partial charge is 0.353 e. The molecule has 1 saturated carbocycles. The van der Waals surface area contributed by atoms with E-state index >= 15 is 0 Å². The fourth-order valence-electron chi connectivity index (χ4n) is 2.30. The Labute approximate surface area is 121 Å². The van der Waals surface area contributed by atoms with E-state index in [4.69, 9.17) is 5.73 Å². The van der Waals surface area contributed by atoms with E-state index in [2.05, 4.69) is 29.6 Å². The van der Waals surface area contributed by atoms with Crippen molar-refractivity contribution in [2.24, 2.45) is 11.7 Å². The van der Waals surface area contributed by atoms with Crippen LogP contribution in [-0.4, -0.2) is 18.0 Å². The number of halogens is 1. The standard InChI is InChI=1S/C15H22N2O.ClH/c1-10(11(2)16)15(18)17-14-8-13(9-14)12-6-4-3-5-7-12;/h3-7,10-11,13-14H,8-9,16H2,1-2H3,(H,17,18);1H. The van der Waals surface area contributed by atoms with Crippen LogP contribution in [0.1, 0.15) is 38.2 Å². The lowest BCUT2D eigenvalue weighted by molar-refractivity contribution is -0.126. The van der Waals surface area contributed by atoms with Crippen LogP contribution >= 0.6 is 12.4 Å². The third-order valence-electron chi connectivity index (χ3n) is 3.96. The zero-order valence-electron chi connectivity index (χ0n) is 11.5. The molecule has 0 spiro atoms. The van der Waals surface area contributed by atoms with Crippen molar-refractivity contribution in [3.8, 4) is 0 Å². The van der Waals surface area contributed by atoms with Crippen LogP contribution in [0.2, 0.25) is 0 Å². The van der Waals surface area contributed by atoms with Crippen molar-refractivity contribution >= 4 is 18.3 Å². The number of nitrogens with one attached hydrogen (secondary N) is 1. The molecule has 0 radical (unpaired) electrons. The van der Waals surface area contributed by atoms with E-state index in [1.54, 1.807) is 0 Å². The molecule has 0 aliphatic heterocycles. The predicted octanol–water partition coefficient (Wildman–Crippen LogP) is 2.45. The molecule has 2 unspecified atom stereocenters. The molecule has 0 saturated heterocycles. The smallest absolute Gasteiger partial charge is 0.224 e. The summed E-state index contributed by atoms with van der Waals surface area (Å²) in [6, 6.07) is 10.7. The van der Waals surface area contributed by atoms with Gasteiger partial charge in [-0.05, 0) is 31.2 Å². The van der Waals surface area contributed by atoms with Crippen molar-refractivity contribution in [2.45, 2.75) is 44.7 Å². The average Bonchev–Trinajstić information content (AvgIpc) is 2.32. The van der Waals surface area contributed by atoms with Crippen molar-refractivity contribution in [1.82, 2.24) is 5.32 Å². The lowest BCUT2D eigenvalue weighted by Gasteiger charge is -2.37. The van der Waals surface area contributed by atoms with E-state index in [-0.39, 0.29) is 30.3 Å². The Morgan fingerprint density at radius 3 is 2.37 bits per heavy atom. The molecule has 3 nitrogen and oxygen atoms in total. The van der Waals surface area contributed by atoms with Crippen LogP contribution in [0.15, 0.2) is 30.3 Å². The first-order valence-electron chi connectivity index (χ1n) is 6.69. The van der Waals surface area contributed by atoms with Gasteiger partial charge in [0.2, 0.25) is 5.91 Å². The lowest BCUT2D eigenvalue weighted by Crippen LogP contribution is -2.48. The van der Waals surface area contributed by atoms with Crippen molar-refractivity contribution in [1.29, 1.82) is 0 Å². The third kappa shape index (κ3) is 3.95. The highest BCUT2D eigenvalue weighted by atomic mass is 35.5. The van der Waals surface area contributed by atoms with Crippen molar-refractivity contribution in [3.05, 3.63) is 35.9 Å². The summed E-state index contributed by atoms with van der Waals surface area (Å²) < 4.78 is 0. The number of rotatable bonds is 4. The molecule has 106 valence electrons. The van der Waals surface area contributed by atoms with Gasteiger partial charge < -0.3 is 11.1 Å². The third-order valence-corrected chi connectivity index (χ3v) is 3.96. The molecule has 1 aliphatic carbocycles. The van der Waals surface area contributed by atoms with Gasteiger partial charge in [-0.25, -0.2) is 0 Å². The Balaban J connectivity index is 0.00000180. The summed E-state index contributed by atoms with van der Waals surface area (Å²) in [5, 5.41) is 3.08. The molecule has 1 fully saturated rings. The molecule has 2 atom stereocenters. The van der Waals surface area contributed by atoms with Gasteiger partial charge in [0.25, 0.3) is 0 Å². The van der Waals surface area contributed by atoms with E-state index in [1.807, 2.05) is 19.9 Å². The summed E-state index contributed by atoms with van der Waals surface area (Å²) in [6.07, 6.45) is 2.09. The quantitative estimate of drug-likeness (QED) is 0.891. The fourth-order valence-corrected chi connectivity index (χ4v) is 2.30. The molecule has 3 N–H and O–H groups in total. The summed E-state index contributed by atoms with van der Waals surface area (Å²) in [6.45, 7) is 3.76. The molecule has 2 rings (SSSR count). The monoisotopic (exact) mass is 282 g/mol. The maximum atomic E-state index is 11.8. The van der Waals surface area contributed by atoms with Gasteiger partial charge in [0.1, 0.15) is 0 Å². The molecule has 19 heavy (non-hydrogen) atoms. The van der Waals surface area contributed by atoms with Crippen LogP contribution in [0.3, 0.4) is 0 Å². The SMILES string of the molecule is CC(N)C(C)C(=O)NC1CC(c2ccccc2)C1.Cl. The fraction of sp³-hybridized carbons (Fsp3) is 0.533. The summed E-state index contributed by atoms with van der Waals surface area (Å²) in [5.41, 5.74) is 7.11. The zero-order chi connectivity index (χ0) is 13.1. The summed E-state index contributed by atoms with van der Waals surface area (Å²) in [5.74, 6) is 0.574. The Hall–Kier alpha value is -1.06. The summed E-state index contributed by atoms with van der Waals surface area (Å²) in [7, 11) is 0. The summed E-state index contributed by atoms with van der Waals surface area (Å²) >= 11 is 0. The highest BCUT2D eigenvalue weighted by Gasteiger charge is 2.32. The molecule has 0 aromatic heterocycles. The van der Waals surface area contributed by atoms with Gasteiger partial charge in [-0.2, -0.15) is 0 Å². The van der Waals surface area contributed by atoms with Crippen LogP contribution < -0.4 is 11.1 Å². The van der Waals surface area contributed by atoms with Crippen LogP contribution in [-0.2, 0) is 4.79 Å². The Morgan fingerprint density at radius 1 is 1.26 bits per heavy atom. The Morgan fingerprint density at radius 2 is 1.84 bits per heavy atom. The first kappa shape index (κ1) is 16.0. The topological polar surface area (TPSA) is 55.1 Å². The van der Waals surface area contributed by atoms with E-state index in [0.717, 1.165) is 12.8 Å². The molecular formula is C15H23ClN2O. The maximum Gasteiger partial charge on any atom is 0.224 e. The predicted molar refractivity (Wildman–Crippen MR) is 80.4 cm³/mol. The van der Waals surface area contributed by atoms with Gasteiger partial charge >= 0.3 is 0 Å². The second-order valence-electron chi connectivity index (χ2n) is 5.43. The number of benzene rings is 1. The number of amides is 1. The van der Waals surface area contributed by atoms with Gasteiger partial charge in [0.15, 0.2) is 0 Å². The molecule has 1 amide bonds. The van der Waals surface area contributed by atoms with E-state index < -0.39 is 0 Å². The van der Waals surface area contributed by atoms with Crippen molar-refractivity contribution < 1.29 is 4.79 Å². The number of hydrogen-bond acceptors (Lipinski definition) is 2. The average molecular weight is 283 g/mol. The van der Waals surface area contributed by atoms with Crippen molar-refractivity contribution in [3.63, 3.8) is 0 Å². The molecule has 1 aliphatic rings. The Bertz CT molecular complexity index is 402. The van der Waals surface area contributed by atoms with Gasteiger partial charge in [0.05, 0.1) is 0 Å². The number of nitrogens with two attached hydrogens (primary N) is 1. The molecule has 1 aromatic carbocycles. The van der Waals surface area contributed by atoms with E-state index in [1.165, 1.54) is 5.56 Å². The van der Waals surface area contributed by atoms with Gasteiger partial charge in [-0.15, -0.1) is 12.4 Å². The number of hydrogen-bond donors (Lipinski definition) is 2. The zero-order valence-corrected chi connectivity index (χ0v) is 12.3. The number of carbonyl (C=O) groups excluding carboxylic acids is 1. The highest BCUT2D eigenvalue weighted by molar-refractivity contribution is 5.85. The van der Waals surface area contributed by atoms with Crippen molar-refractivity contribution in [2.75, 3.05) is 0 Å². The van der Waals surface area contributed by atoms with Crippen LogP contribution in [0.25, 0.3) is 0 Å². The first-order chi connectivity index (χ1) is 8.58. The normalized spacial score (nSPS) is 24.6. The van der Waals surface area contributed by atoms with E-state index in [0.29, 0.717) is 12.0 Å². The molecule has 1 aromatic rings. The maximum absolute atomic E-state index is 11.8. The van der Waals surface area contributed by atoms with E-state index in [9.17, 15) is 4.79 Å². The van der Waals surface area contributed by atoms with Crippen LogP contribution in [0, 0.1) is 5.92 Å². The van der Waals surface area contributed by atoms with Crippen LogP contribution in [0.4, 0.5) is 0 Å². The molecule has 0 heterocycles. The second kappa shape index (κ2) is 6.92. The minimum atomic E-state index is -0.110. The molecular weight excluding hydrogens is 260 g/mol.